The molecule has 2 amide bonds. The lowest BCUT2D eigenvalue weighted by Gasteiger charge is -2.28. The van der Waals surface area contributed by atoms with E-state index in [-0.39, 0.29) is 25.6 Å². The topological polar surface area (TPSA) is 125 Å². The van der Waals surface area contributed by atoms with E-state index in [9.17, 15) is 14.4 Å². The number of carbonyl (C=O) groups excluding carboxylic acids is 3. The highest BCUT2D eigenvalue weighted by Crippen LogP contribution is 2.35. The van der Waals surface area contributed by atoms with E-state index in [1.807, 2.05) is 6.07 Å². The number of benzene rings is 1. The van der Waals surface area contributed by atoms with E-state index in [0.717, 1.165) is 10.5 Å². The van der Waals surface area contributed by atoms with Crippen molar-refractivity contribution in [2.24, 2.45) is 0 Å². The SMILES string of the molecule is CO[C@H](C(=O)N1C(=O)OC[C@@H]1c1ccccc1)[C@H](OC(C)=O)c1cc(Br)c(CCCOCCO)o1. The predicted molar refractivity (Wildman–Crippen MR) is 125 cm³/mol. The number of halogens is 1. The summed E-state index contributed by atoms with van der Waals surface area (Å²) in [6.07, 6.45) is -2.30. The summed E-state index contributed by atoms with van der Waals surface area (Å²) in [6, 6.07) is 9.96. The monoisotopic (exact) mass is 553 g/mol. The molecule has 3 atom stereocenters. The normalized spacial score (nSPS) is 17.2. The first kappa shape index (κ1) is 26.9. The molecule has 1 N–H and O–H groups in total. The third kappa shape index (κ3) is 6.69. The molecule has 0 spiro atoms. The molecule has 1 aliphatic heterocycles. The number of imide groups is 1. The summed E-state index contributed by atoms with van der Waals surface area (Å²) in [4.78, 5) is 39.0. The summed E-state index contributed by atoms with van der Waals surface area (Å²) >= 11 is 3.43. The maximum Gasteiger partial charge on any atom is 0.417 e. The van der Waals surface area contributed by atoms with Crippen molar-refractivity contribution >= 4 is 33.9 Å². The Morgan fingerprint density at radius 3 is 2.66 bits per heavy atom. The van der Waals surface area contributed by atoms with Crippen molar-refractivity contribution in [3.8, 4) is 0 Å². The number of cyclic esters (lactones) is 1. The van der Waals surface area contributed by atoms with Gasteiger partial charge in [0.05, 0.1) is 17.7 Å². The van der Waals surface area contributed by atoms with Gasteiger partial charge < -0.3 is 28.5 Å². The zero-order chi connectivity index (χ0) is 25.4. The molecule has 1 saturated heterocycles. The van der Waals surface area contributed by atoms with Crippen LogP contribution in [-0.4, -0.2) is 67.6 Å². The number of furan rings is 1. The average Bonchev–Trinajstić information content (AvgIpc) is 3.41. The summed E-state index contributed by atoms with van der Waals surface area (Å²) in [6.45, 7) is 1.82. The summed E-state index contributed by atoms with van der Waals surface area (Å²) in [5.41, 5.74) is 0.719. The van der Waals surface area contributed by atoms with Crippen LogP contribution >= 0.6 is 15.9 Å². The van der Waals surface area contributed by atoms with Gasteiger partial charge >= 0.3 is 12.1 Å². The number of aryl methyl sites for hydroxylation is 1. The number of hydrogen-bond donors (Lipinski definition) is 1. The Morgan fingerprint density at radius 2 is 2.00 bits per heavy atom. The Morgan fingerprint density at radius 1 is 1.26 bits per heavy atom. The highest BCUT2D eigenvalue weighted by molar-refractivity contribution is 9.10. The fraction of sp³-hybridized carbons (Fsp3) is 0.458. The number of esters is 1. The molecular weight excluding hydrogens is 526 g/mol. The molecule has 0 saturated carbocycles. The van der Waals surface area contributed by atoms with Gasteiger partial charge in [-0.15, -0.1) is 0 Å². The first-order valence-electron chi connectivity index (χ1n) is 11.1. The molecule has 190 valence electrons. The van der Waals surface area contributed by atoms with Crippen molar-refractivity contribution in [2.75, 3.05) is 33.5 Å². The lowest BCUT2D eigenvalue weighted by molar-refractivity contribution is -0.164. The van der Waals surface area contributed by atoms with Gasteiger partial charge in [-0.25, -0.2) is 9.69 Å². The van der Waals surface area contributed by atoms with Crippen LogP contribution in [0.25, 0.3) is 0 Å². The molecule has 0 aliphatic carbocycles. The van der Waals surface area contributed by atoms with Gasteiger partial charge in [0, 0.05) is 27.1 Å². The maximum absolute atomic E-state index is 13.5. The lowest BCUT2D eigenvalue weighted by Crippen LogP contribution is -2.45. The highest BCUT2D eigenvalue weighted by Gasteiger charge is 2.46. The summed E-state index contributed by atoms with van der Waals surface area (Å²) in [5.74, 6) is -0.626. The second kappa shape index (κ2) is 12.8. The first-order chi connectivity index (χ1) is 16.9. The van der Waals surface area contributed by atoms with Crippen molar-refractivity contribution in [3.05, 3.63) is 58.0 Å². The van der Waals surface area contributed by atoms with Crippen LogP contribution in [0.5, 0.6) is 0 Å². The molecule has 3 rings (SSSR count). The number of amides is 2. The number of hydrogen-bond acceptors (Lipinski definition) is 9. The molecule has 0 bridgehead atoms. The number of methoxy groups -OCH3 is 1. The van der Waals surface area contributed by atoms with Crippen LogP contribution in [0.1, 0.15) is 42.6 Å². The van der Waals surface area contributed by atoms with E-state index in [1.54, 1.807) is 30.3 Å². The number of rotatable bonds is 12. The van der Waals surface area contributed by atoms with Crippen LogP contribution in [0.4, 0.5) is 4.79 Å². The molecule has 10 nitrogen and oxygen atoms in total. The largest absolute Gasteiger partial charge is 0.461 e. The number of carbonyl (C=O) groups is 3. The second-order valence-corrected chi connectivity index (χ2v) is 8.61. The van der Waals surface area contributed by atoms with E-state index >= 15 is 0 Å². The average molecular weight is 554 g/mol. The summed E-state index contributed by atoms with van der Waals surface area (Å²) < 4.78 is 27.9. The Balaban J connectivity index is 1.84. The van der Waals surface area contributed by atoms with Crippen LogP contribution in [0, 0.1) is 0 Å². The third-order valence-corrected chi connectivity index (χ3v) is 6.02. The van der Waals surface area contributed by atoms with E-state index in [4.69, 9.17) is 28.5 Å². The minimum atomic E-state index is -1.37. The number of aliphatic hydroxyl groups is 1. The van der Waals surface area contributed by atoms with Gasteiger partial charge in [0.15, 0.2) is 12.2 Å². The van der Waals surface area contributed by atoms with Gasteiger partial charge in [-0.2, -0.15) is 0 Å². The molecule has 1 aliphatic rings. The minimum Gasteiger partial charge on any atom is -0.461 e. The molecule has 1 aromatic carbocycles. The van der Waals surface area contributed by atoms with Crippen LogP contribution in [0.15, 0.2) is 45.3 Å². The first-order valence-corrected chi connectivity index (χ1v) is 11.9. The van der Waals surface area contributed by atoms with Crippen molar-refractivity contribution in [1.82, 2.24) is 4.90 Å². The summed E-state index contributed by atoms with van der Waals surface area (Å²) in [5, 5.41) is 8.80. The van der Waals surface area contributed by atoms with E-state index in [2.05, 4.69) is 15.9 Å². The lowest BCUT2D eigenvalue weighted by atomic mass is 10.0. The molecule has 35 heavy (non-hydrogen) atoms. The zero-order valence-corrected chi connectivity index (χ0v) is 21.1. The van der Waals surface area contributed by atoms with Crippen molar-refractivity contribution in [1.29, 1.82) is 0 Å². The molecule has 0 radical (unpaired) electrons. The van der Waals surface area contributed by atoms with Gasteiger partial charge in [-0.3, -0.25) is 9.59 Å². The Bertz CT molecular complexity index is 1010. The van der Waals surface area contributed by atoms with E-state index < -0.39 is 36.2 Å². The van der Waals surface area contributed by atoms with Crippen LogP contribution in [0.3, 0.4) is 0 Å². The molecule has 0 unspecified atom stereocenters. The van der Waals surface area contributed by atoms with Gasteiger partial charge in [-0.1, -0.05) is 30.3 Å². The van der Waals surface area contributed by atoms with Gasteiger partial charge in [0.2, 0.25) is 0 Å². The summed E-state index contributed by atoms with van der Waals surface area (Å²) in [7, 11) is 1.29. The minimum absolute atomic E-state index is 0.00193. The fourth-order valence-electron chi connectivity index (χ4n) is 3.76. The van der Waals surface area contributed by atoms with Gasteiger partial charge in [-0.05, 0) is 34.0 Å². The van der Waals surface area contributed by atoms with Crippen LogP contribution < -0.4 is 0 Å². The number of ether oxygens (including phenoxy) is 4. The number of nitrogens with zero attached hydrogens (tertiary/aromatic N) is 1. The standard InChI is InChI=1S/C24H28BrNO9/c1-15(28)34-21(20-13-17(25)19(35-20)9-6-11-32-12-10-27)22(31-2)23(29)26-18(14-33-24(26)30)16-7-4-3-5-8-16/h3-5,7-8,13,18,21-22,27H,6,9-12,14H2,1-2H3/t18-,21-,22+/m1/s1. The van der Waals surface area contributed by atoms with Gasteiger partial charge in [0.25, 0.3) is 5.91 Å². The molecule has 2 aromatic rings. The van der Waals surface area contributed by atoms with Crippen molar-refractivity contribution in [3.63, 3.8) is 0 Å². The Hall–Kier alpha value is -2.73. The smallest absolute Gasteiger partial charge is 0.417 e. The zero-order valence-electron chi connectivity index (χ0n) is 19.5. The Labute approximate surface area is 211 Å². The predicted octanol–water partition coefficient (Wildman–Crippen LogP) is 3.32. The maximum atomic E-state index is 13.5. The quantitative estimate of drug-likeness (QED) is 0.311. The third-order valence-electron chi connectivity index (χ3n) is 5.35. The highest BCUT2D eigenvalue weighted by atomic mass is 79.9. The Kier molecular flexibility index (Phi) is 9.84. The van der Waals surface area contributed by atoms with Crippen molar-refractivity contribution < 1.29 is 42.9 Å². The van der Waals surface area contributed by atoms with E-state index in [1.165, 1.54) is 14.0 Å². The molecule has 1 fully saturated rings. The van der Waals surface area contributed by atoms with E-state index in [0.29, 0.717) is 29.7 Å². The molecule has 1 aromatic heterocycles. The number of aliphatic hydroxyl groups excluding tert-OH is 1. The van der Waals surface area contributed by atoms with Crippen molar-refractivity contribution in [2.45, 2.75) is 38.0 Å². The fourth-order valence-corrected chi connectivity index (χ4v) is 4.27. The van der Waals surface area contributed by atoms with Gasteiger partial charge in [0.1, 0.15) is 24.2 Å². The second-order valence-electron chi connectivity index (χ2n) is 7.76. The molecule has 11 heteroatoms. The molecule has 2 heterocycles. The van der Waals surface area contributed by atoms with Crippen LogP contribution in [0.2, 0.25) is 0 Å². The van der Waals surface area contributed by atoms with Crippen LogP contribution in [-0.2, 0) is 35.0 Å². The molecular formula is C24H28BrNO9.